The summed E-state index contributed by atoms with van der Waals surface area (Å²) in [5.74, 6) is 0.772. The van der Waals surface area contributed by atoms with Gasteiger partial charge in [0.05, 0.1) is 5.56 Å². The van der Waals surface area contributed by atoms with Crippen LogP contribution in [0.4, 0.5) is 11.5 Å². The van der Waals surface area contributed by atoms with Gasteiger partial charge in [0.2, 0.25) is 0 Å². The molecule has 2 heterocycles. The van der Waals surface area contributed by atoms with Gasteiger partial charge in [-0.2, -0.15) is 0 Å². The molecule has 1 aliphatic heterocycles. The van der Waals surface area contributed by atoms with Crippen LogP contribution in [0.5, 0.6) is 0 Å². The van der Waals surface area contributed by atoms with Gasteiger partial charge in [0.15, 0.2) is 0 Å². The van der Waals surface area contributed by atoms with Crippen molar-refractivity contribution >= 4 is 17.4 Å². The summed E-state index contributed by atoms with van der Waals surface area (Å²) in [4.78, 5) is 19.2. The normalized spacial score (nSPS) is 13.2. The number of pyridine rings is 1. The van der Waals surface area contributed by atoms with Gasteiger partial charge in [-0.15, -0.1) is 0 Å². The Morgan fingerprint density at radius 3 is 2.56 bits per heavy atom. The van der Waals surface area contributed by atoms with Crippen LogP contribution >= 0.6 is 0 Å². The second-order valence-electron chi connectivity index (χ2n) is 7.10. The van der Waals surface area contributed by atoms with Crippen molar-refractivity contribution in [3.05, 3.63) is 88.6 Å². The smallest absolute Gasteiger partial charge is 0.255 e. The molecule has 0 aliphatic carbocycles. The van der Waals surface area contributed by atoms with Crippen molar-refractivity contribution in [3.8, 4) is 0 Å². The third-order valence-corrected chi connectivity index (χ3v) is 5.21. The fraction of sp³-hybridized carbons (Fsp3) is 0.217. The second kappa shape index (κ2) is 7.23. The Bertz CT molecular complexity index is 979. The van der Waals surface area contributed by atoms with Crippen LogP contribution in [0.1, 0.15) is 32.6 Å². The van der Waals surface area contributed by atoms with Gasteiger partial charge in [-0.25, -0.2) is 4.98 Å². The van der Waals surface area contributed by atoms with Gasteiger partial charge in [0, 0.05) is 25.0 Å². The number of nitrogens with one attached hydrogen (secondary N) is 1. The fourth-order valence-electron chi connectivity index (χ4n) is 3.41. The monoisotopic (exact) mass is 357 g/mol. The van der Waals surface area contributed by atoms with Gasteiger partial charge in [-0.3, -0.25) is 4.79 Å². The van der Waals surface area contributed by atoms with E-state index in [1.165, 1.54) is 22.3 Å². The molecule has 2 aromatic carbocycles. The first kappa shape index (κ1) is 17.3. The van der Waals surface area contributed by atoms with E-state index in [4.69, 9.17) is 0 Å². The first-order valence-corrected chi connectivity index (χ1v) is 9.26. The molecule has 4 nitrogen and oxygen atoms in total. The number of fused-ring (bicyclic) bond motifs is 1. The molecule has 1 aliphatic rings. The first-order chi connectivity index (χ1) is 13.1. The molecule has 4 heteroatoms. The molecule has 0 unspecified atom stereocenters. The highest BCUT2D eigenvalue weighted by Gasteiger charge is 2.21. The lowest BCUT2D eigenvalue weighted by atomic mass is 9.99. The average molecular weight is 357 g/mol. The molecule has 3 aromatic rings. The van der Waals surface area contributed by atoms with Crippen molar-refractivity contribution in [2.45, 2.75) is 26.8 Å². The van der Waals surface area contributed by atoms with Crippen LogP contribution in [0, 0.1) is 13.8 Å². The van der Waals surface area contributed by atoms with Crippen molar-refractivity contribution in [1.29, 1.82) is 0 Å². The number of benzene rings is 2. The van der Waals surface area contributed by atoms with Gasteiger partial charge < -0.3 is 10.2 Å². The maximum atomic E-state index is 12.8. The summed E-state index contributed by atoms with van der Waals surface area (Å²) in [7, 11) is 0. The predicted octanol–water partition coefficient (Wildman–Crippen LogP) is 4.64. The first-order valence-electron chi connectivity index (χ1n) is 9.26. The van der Waals surface area contributed by atoms with Crippen molar-refractivity contribution in [2.75, 3.05) is 11.9 Å². The lowest BCUT2D eigenvalue weighted by molar-refractivity contribution is 0.0734. The number of carbonyl (C=O) groups is 1. The molecule has 0 bridgehead atoms. The van der Waals surface area contributed by atoms with Gasteiger partial charge in [-0.1, -0.05) is 30.3 Å². The van der Waals surface area contributed by atoms with E-state index in [1.807, 2.05) is 29.2 Å². The van der Waals surface area contributed by atoms with Gasteiger partial charge >= 0.3 is 0 Å². The molecule has 0 radical (unpaired) electrons. The number of amides is 1. The minimum absolute atomic E-state index is 0.0368. The molecule has 4 rings (SSSR count). The highest BCUT2D eigenvalue weighted by molar-refractivity contribution is 5.94. The number of aryl methyl sites for hydroxylation is 2. The Balaban J connectivity index is 1.46. The number of nitrogens with zero attached hydrogens (tertiary/aromatic N) is 2. The molecule has 0 saturated heterocycles. The highest BCUT2D eigenvalue weighted by atomic mass is 16.2. The number of anilines is 2. The SMILES string of the molecule is Cc1ccc(Nc2ccc(C(=O)N3CCc4ccccc4C3)cn2)cc1C. The number of aromatic nitrogens is 1. The van der Waals surface area contributed by atoms with E-state index in [2.05, 4.69) is 54.5 Å². The van der Waals surface area contributed by atoms with E-state index >= 15 is 0 Å². The molecule has 0 saturated carbocycles. The summed E-state index contributed by atoms with van der Waals surface area (Å²) in [5, 5.41) is 3.29. The number of hydrogen-bond donors (Lipinski definition) is 1. The minimum atomic E-state index is 0.0368. The third-order valence-electron chi connectivity index (χ3n) is 5.21. The van der Waals surface area contributed by atoms with Crippen LogP contribution < -0.4 is 5.32 Å². The summed E-state index contributed by atoms with van der Waals surface area (Å²) in [6.07, 6.45) is 2.56. The summed E-state index contributed by atoms with van der Waals surface area (Å²) in [6.45, 7) is 5.60. The minimum Gasteiger partial charge on any atom is -0.340 e. The Hall–Kier alpha value is -3.14. The zero-order valence-electron chi connectivity index (χ0n) is 15.7. The average Bonchev–Trinajstić information content (AvgIpc) is 2.70. The molecule has 0 spiro atoms. The van der Waals surface area contributed by atoms with Crippen LogP contribution in [0.2, 0.25) is 0 Å². The van der Waals surface area contributed by atoms with Crippen molar-refractivity contribution in [1.82, 2.24) is 9.88 Å². The number of carbonyl (C=O) groups excluding carboxylic acids is 1. The predicted molar refractivity (Wildman–Crippen MR) is 108 cm³/mol. The van der Waals surface area contributed by atoms with Crippen LogP contribution in [0.25, 0.3) is 0 Å². The Labute approximate surface area is 159 Å². The number of rotatable bonds is 3. The molecule has 1 aromatic heterocycles. The van der Waals surface area contributed by atoms with E-state index in [0.717, 1.165) is 24.5 Å². The van der Waals surface area contributed by atoms with E-state index in [9.17, 15) is 4.79 Å². The fourth-order valence-corrected chi connectivity index (χ4v) is 3.41. The molecule has 1 N–H and O–H groups in total. The standard InChI is InChI=1S/C23H23N3O/c1-16-7-9-21(13-17(16)2)25-22-10-8-19(14-24-22)23(27)26-12-11-18-5-3-4-6-20(18)15-26/h3-10,13-14H,11-12,15H2,1-2H3,(H,24,25). The van der Waals surface area contributed by atoms with E-state index in [0.29, 0.717) is 12.1 Å². The lowest BCUT2D eigenvalue weighted by Gasteiger charge is -2.28. The van der Waals surface area contributed by atoms with Gasteiger partial charge in [0.1, 0.15) is 5.82 Å². The Morgan fingerprint density at radius 1 is 1.00 bits per heavy atom. The van der Waals surface area contributed by atoms with Crippen LogP contribution in [0.3, 0.4) is 0 Å². The Morgan fingerprint density at radius 2 is 1.81 bits per heavy atom. The molecule has 27 heavy (non-hydrogen) atoms. The highest BCUT2D eigenvalue weighted by Crippen LogP contribution is 2.21. The summed E-state index contributed by atoms with van der Waals surface area (Å²) < 4.78 is 0. The second-order valence-corrected chi connectivity index (χ2v) is 7.10. The van der Waals surface area contributed by atoms with Gasteiger partial charge in [-0.05, 0) is 66.8 Å². The molecule has 0 fully saturated rings. The van der Waals surface area contributed by atoms with Gasteiger partial charge in [0.25, 0.3) is 5.91 Å². The lowest BCUT2D eigenvalue weighted by Crippen LogP contribution is -2.35. The molecular weight excluding hydrogens is 334 g/mol. The number of hydrogen-bond acceptors (Lipinski definition) is 3. The zero-order valence-corrected chi connectivity index (χ0v) is 15.7. The molecular formula is C23H23N3O. The van der Waals surface area contributed by atoms with E-state index < -0.39 is 0 Å². The van der Waals surface area contributed by atoms with Crippen LogP contribution in [-0.4, -0.2) is 22.3 Å². The topological polar surface area (TPSA) is 45.2 Å². The van der Waals surface area contributed by atoms with Crippen molar-refractivity contribution in [2.24, 2.45) is 0 Å². The quantitative estimate of drug-likeness (QED) is 0.743. The molecule has 1 amide bonds. The van der Waals surface area contributed by atoms with Crippen molar-refractivity contribution in [3.63, 3.8) is 0 Å². The van der Waals surface area contributed by atoms with Crippen molar-refractivity contribution < 1.29 is 4.79 Å². The zero-order chi connectivity index (χ0) is 18.8. The summed E-state index contributed by atoms with van der Waals surface area (Å²) >= 11 is 0. The summed E-state index contributed by atoms with van der Waals surface area (Å²) in [5.41, 5.74) is 6.69. The van der Waals surface area contributed by atoms with Crippen LogP contribution in [-0.2, 0) is 13.0 Å². The molecule has 0 atom stereocenters. The summed E-state index contributed by atoms with van der Waals surface area (Å²) in [6, 6.07) is 18.3. The Kier molecular flexibility index (Phi) is 4.63. The maximum Gasteiger partial charge on any atom is 0.255 e. The maximum absolute atomic E-state index is 12.8. The van der Waals surface area contributed by atoms with E-state index in [1.54, 1.807) is 6.20 Å². The largest absolute Gasteiger partial charge is 0.340 e. The van der Waals surface area contributed by atoms with E-state index in [-0.39, 0.29) is 5.91 Å². The van der Waals surface area contributed by atoms with Crippen LogP contribution in [0.15, 0.2) is 60.8 Å². The molecule has 136 valence electrons. The third kappa shape index (κ3) is 3.70.